The Morgan fingerprint density at radius 3 is 1.75 bits per heavy atom. The number of hydrogen-bond acceptors (Lipinski definition) is 5. The SMILES string of the molecule is CCC[C@@H](c1ccc(C(=O)NCCC(=O)O)cc1)[C@H](C(=O)Nc1ccc(OC(F)(F)F)cc1)c1ccc(OC(F)(F)F)cc1. The van der Waals surface area contributed by atoms with E-state index in [1.165, 1.54) is 36.4 Å². The van der Waals surface area contributed by atoms with E-state index in [0.717, 1.165) is 24.3 Å². The average Bonchev–Trinajstić information content (AvgIpc) is 2.93. The second-order valence-corrected chi connectivity index (χ2v) is 9.57. The third kappa shape index (κ3) is 10.5. The number of hydrogen-bond donors (Lipinski definition) is 3. The van der Waals surface area contributed by atoms with Crippen LogP contribution in [0.5, 0.6) is 11.5 Å². The summed E-state index contributed by atoms with van der Waals surface area (Å²) in [6.07, 6.45) is -9.07. The first kappa shape index (κ1) is 33.7. The zero-order valence-electron chi connectivity index (χ0n) is 23.2. The zero-order valence-corrected chi connectivity index (χ0v) is 23.2. The Morgan fingerprint density at radius 2 is 1.27 bits per heavy atom. The molecule has 8 nitrogen and oxygen atoms in total. The number of carbonyl (C=O) groups is 3. The number of anilines is 1. The molecule has 0 saturated heterocycles. The Hall–Kier alpha value is -4.75. The minimum Gasteiger partial charge on any atom is -0.481 e. The highest BCUT2D eigenvalue weighted by atomic mass is 19.4. The first-order valence-electron chi connectivity index (χ1n) is 13.3. The van der Waals surface area contributed by atoms with Gasteiger partial charge in [-0.05, 0) is 72.0 Å². The molecule has 0 aliphatic rings. The first-order chi connectivity index (χ1) is 20.6. The standard InChI is InChI=1S/C30H28F6N2O6/c1-2-3-24(18-4-6-20(7-5-18)27(41)37-17-16-25(39)40)26(19-8-12-22(13-9-19)43-29(31,32)33)28(42)38-21-10-14-23(15-11-21)44-30(34,35)36/h4-15,24,26H,2-3,16-17H2,1H3,(H,37,41)(H,38,42)(H,39,40)/t24-,26+/m0/s1. The van der Waals surface area contributed by atoms with Gasteiger partial charge in [0.2, 0.25) is 5.91 Å². The Morgan fingerprint density at radius 1 is 0.773 bits per heavy atom. The lowest BCUT2D eigenvalue weighted by Crippen LogP contribution is -2.27. The van der Waals surface area contributed by atoms with Gasteiger partial charge in [0.25, 0.3) is 5.91 Å². The highest BCUT2D eigenvalue weighted by molar-refractivity contribution is 5.97. The Bertz CT molecular complexity index is 1410. The third-order valence-corrected chi connectivity index (χ3v) is 6.34. The molecule has 236 valence electrons. The lowest BCUT2D eigenvalue weighted by atomic mass is 9.78. The average molecular weight is 627 g/mol. The fourth-order valence-electron chi connectivity index (χ4n) is 4.51. The summed E-state index contributed by atoms with van der Waals surface area (Å²) in [7, 11) is 0. The maximum Gasteiger partial charge on any atom is 0.573 e. The van der Waals surface area contributed by atoms with Gasteiger partial charge in [0, 0.05) is 17.8 Å². The summed E-state index contributed by atoms with van der Waals surface area (Å²) in [5, 5.41) is 13.9. The zero-order chi connectivity index (χ0) is 32.5. The van der Waals surface area contributed by atoms with E-state index in [2.05, 4.69) is 20.1 Å². The predicted octanol–water partition coefficient (Wildman–Crippen LogP) is 6.99. The molecule has 3 aromatic carbocycles. The quantitative estimate of drug-likeness (QED) is 0.176. The number of amides is 2. The van der Waals surface area contributed by atoms with E-state index in [1.807, 2.05) is 6.92 Å². The van der Waals surface area contributed by atoms with Crippen molar-refractivity contribution in [2.45, 2.75) is 50.7 Å². The van der Waals surface area contributed by atoms with Crippen LogP contribution in [-0.2, 0) is 9.59 Å². The van der Waals surface area contributed by atoms with Crippen LogP contribution in [0.15, 0.2) is 72.8 Å². The number of alkyl halides is 6. The lowest BCUT2D eigenvalue weighted by Gasteiger charge is -2.28. The first-order valence-corrected chi connectivity index (χ1v) is 13.3. The molecule has 0 fully saturated rings. The number of ether oxygens (including phenoxy) is 2. The molecule has 0 bridgehead atoms. The summed E-state index contributed by atoms with van der Waals surface area (Å²) >= 11 is 0. The van der Waals surface area contributed by atoms with E-state index in [9.17, 15) is 40.7 Å². The van der Waals surface area contributed by atoms with Gasteiger partial charge in [-0.3, -0.25) is 14.4 Å². The summed E-state index contributed by atoms with van der Waals surface area (Å²) in [6, 6.07) is 15.5. The second kappa shape index (κ2) is 14.6. The summed E-state index contributed by atoms with van der Waals surface area (Å²) in [6.45, 7) is 1.79. The van der Waals surface area contributed by atoms with E-state index < -0.39 is 53.8 Å². The van der Waals surface area contributed by atoms with Crippen molar-refractivity contribution in [3.05, 3.63) is 89.5 Å². The Labute approximate surface area is 248 Å². The van der Waals surface area contributed by atoms with Crippen molar-refractivity contribution in [1.82, 2.24) is 5.32 Å². The molecule has 0 unspecified atom stereocenters. The molecule has 2 atom stereocenters. The number of carboxylic acid groups (broad SMARTS) is 1. The highest BCUT2D eigenvalue weighted by Gasteiger charge is 2.34. The molecule has 0 aromatic heterocycles. The van der Waals surface area contributed by atoms with Crippen molar-refractivity contribution in [3.63, 3.8) is 0 Å². The molecule has 3 aromatic rings. The smallest absolute Gasteiger partial charge is 0.481 e. The number of nitrogens with one attached hydrogen (secondary N) is 2. The molecule has 0 radical (unpaired) electrons. The molecule has 44 heavy (non-hydrogen) atoms. The van der Waals surface area contributed by atoms with E-state index >= 15 is 0 Å². The minimum absolute atomic E-state index is 0.0754. The van der Waals surface area contributed by atoms with Crippen LogP contribution in [0, 0.1) is 0 Å². The van der Waals surface area contributed by atoms with Gasteiger partial charge < -0.3 is 25.2 Å². The van der Waals surface area contributed by atoms with Crippen molar-refractivity contribution < 1.29 is 55.3 Å². The molecule has 14 heteroatoms. The number of benzene rings is 3. The van der Waals surface area contributed by atoms with E-state index in [4.69, 9.17) is 5.11 Å². The fraction of sp³-hybridized carbons (Fsp3) is 0.300. The van der Waals surface area contributed by atoms with Crippen LogP contribution in [0.1, 0.15) is 59.5 Å². The predicted molar refractivity (Wildman–Crippen MR) is 146 cm³/mol. The number of carboxylic acids is 1. The summed E-state index contributed by atoms with van der Waals surface area (Å²) in [4.78, 5) is 36.8. The fourth-order valence-corrected chi connectivity index (χ4v) is 4.51. The van der Waals surface area contributed by atoms with Gasteiger partial charge in [0.15, 0.2) is 0 Å². The van der Waals surface area contributed by atoms with Gasteiger partial charge >= 0.3 is 18.7 Å². The van der Waals surface area contributed by atoms with Crippen LogP contribution in [0.25, 0.3) is 0 Å². The summed E-state index contributed by atoms with van der Waals surface area (Å²) < 4.78 is 83.6. The Kier molecular flexibility index (Phi) is 11.2. The molecule has 0 saturated carbocycles. The van der Waals surface area contributed by atoms with Crippen LogP contribution in [0.4, 0.5) is 32.0 Å². The number of aliphatic carboxylic acids is 1. The molecular weight excluding hydrogens is 598 g/mol. The van der Waals surface area contributed by atoms with Gasteiger partial charge in [0.05, 0.1) is 12.3 Å². The third-order valence-electron chi connectivity index (χ3n) is 6.34. The van der Waals surface area contributed by atoms with Crippen LogP contribution >= 0.6 is 0 Å². The maximum absolute atomic E-state index is 13.7. The van der Waals surface area contributed by atoms with Crippen molar-refractivity contribution in [2.24, 2.45) is 0 Å². The minimum atomic E-state index is -4.92. The molecular formula is C30H28F6N2O6. The van der Waals surface area contributed by atoms with Gasteiger partial charge in [-0.25, -0.2) is 0 Å². The Balaban J connectivity index is 1.93. The normalized spacial score (nSPS) is 13.0. The highest BCUT2D eigenvalue weighted by Crippen LogP contribution is 2.39. The van der Waals surface area contributed by atoms with E-state index in [-0.39, 0.29) is 24.2 Å². The molecule has 0 spiro atoms. The number of halogens is 6. The molecule has 3 rings (SSSR count). The molecule has 0 heterocycles. The monoisotopic (exact) mass is 626 g/mol. The van der Waals surface area contributed by atoms with E-state index in [1.54, 1.807) is 12.1 Å². The molecule has 0 aliphatic heterocycles. The topological polar surface area (TPSA) is 114 Å². The largest absolute Gasteiger partial charge is 0.573 e. The molecule has 0 aliphatic carbocycles. The lowest BCUT2D eigenvalue weighted by molar-refractivity contribution is -0.275. The van der Waals surface area contributed by atoms with Crippen molar-refractivity contribution in [3.8, 4) is 11.5 Å². The van der Waals surface area contributed by atoms with Crippen molar-refractivity contribution in [2.75, 3.05) is 11.9 Å². The van der Waals surface area contributed by atoms with Crippen LogP contribution < -0.4 is 20.1 Å². The van der Waals surface area contributed by atoms with Crippen LogP contribution in [0.2, 0.25) is 0 Å². The maximum atomic E-state index is 13.7. The van der Waals surface area contributed by atoms with Gasteiger partial charge in [-0.2, -0.15) is 0 Å². The van der Waals surface area contributed by atoms with Crippen LogP contribution in [-0.4, -0.2) is 42.2 Å². The molecule has 2 amide bonds. The summed E-state index contributed by atoms with van der Waals surface area (Å²) in [5.74, 6) is -4.70. The van der Waals surface area contributed by atoms with Gasteiger partial charge in [-0.1, -0.05) is 37.6 Å². The van der Waals surface area contributed by atoms with Crippen LogP contribution in [0.3, 0.4) is 0 Å². The van der Waals surface area contributed by atoms with Crippen molar-refractivity contribution >= 4 is 23.5 Å². The van der Waals surface area contributed by atoms with Crippen molar-refractivity contribution in [1.29, 1.82) is 0 Å². The second-order valence-electron chi connectivity index (χ2n) is 9.57. The number of rotatable bonds is 13. The van der Waals surface area contributed by atoms with E-state index in [0.29, 0.717) is 24.0 Å². The van der Waals surface area contributed by atoms with Gasteiger partial charge in [0.1, 0.15) is 11.5 Å². The summed E-state index contributed by atoms with van der Waals surface area (Å²) in [5.41, 5.74) is 1.35. The molecule has 3 N–H and O–H groups in total. The number of carbonyl (C=O) groups excluding carboxylic acids is 2. The van der Waals surface area contributed by atoms with Gasteiger partial charge in [-0.15, -0.1) is 26.3 Å².